The van der Waals surface area contributed by atoms with E-state index in [0.717, 1.165) is 31.7 Å². The molecule has 0 aliphatic heterocycles. The average molecular weight is 226 g/mol. The summed E-state index contributed by atoms with van der Waals surface area (Å²) >= 11 is 0. The molecule has 0 saturated heterocycles. The van der Waals surface area contributed by atoms with Gasteiger partial charge in [0.05, 0.1) is 6.10 Å². The molecule has 1 N–H and O–H groups in total. The van der Waals surface area contributed by atoms with Gasteiger partial charge in [0.15, 0.2) is 0 Å². The van der Waals surface area contributed by atoms with E-state index in [2.05, 4.69) is 0 Å². The van der Waals surface area contributed by atoms with E-state index >= 15 is 0 Å². The Balaban J connectivity index is 2.29. The van der Waals surface area contributed by atoms with E-state index in [0.29, 0.717) is 5.56 Å². The highest BCUT2D eigenvalue weighted by Gasteiger charge is 2.37. The van der Waals surface area contributed by atoms with Crippen molar-refractivity contribution in [2.24, 2.45) is 5.41 Å². The van der Waals surface area contributed by atoms with Crippen LogP contribution in [0.1, 0.15) is 44.3 Å². The lowest BCUT2D eigenvalue weighted by atomic mass is 9.79. The Morgan fingerprint density at radius 2 is 1.62 bits per heavy atom. The van der Waals surface area contributed by atoms with Gasteiger partial charge in [-0.1, -0.05) is 19.8 Å². The standard InChI is InChI=1S/C13H16F2O/c1-13(4-2-3-5-13)12(16)9-6-10(14)8-11(15)7-9/h6-8,12,16H,2-5H2,1H3. The van der Waals surface area contributed by atoms with Crippen LogP contribution in [0.15, 0.2) is 18.2 Å². The maximum absolute atomic E-state index is 13.0. The second-order valence-electron chi connectivity index (χ2n) is 4.97. The van der Waals surface area contributed by atoms with Crippen molar-refractivity contribution < 1.29 is 13.9 Å². The number of aliphatic hydroxyl groups excluding tert-OH is 1. The lowest BCUT2D eigenvalue weighted by Gasteiger charge is -2.30. The van der Waals surface area contributed by atoms with Crippen LogP contribution in [0.3, 0.4) is 0 Å². The molecule has 0 amide bonds. The normalized spacial score (nSPS) is 21.0. The summed E-state index contributed by atoms with van der Waals surface area (Å²) in [6, 6.07) is 3.27. The molecule has 88 valence electrons. The van der Waals surface area contributed by atoms with Gasteiger partial charge in [-0.2, -0.15) is 0 Å². The summed E-state index contributed by atoms with van der Waals surface area (Å²) in [4.78, 5) is 0. The first-order valence-electron chi connectivity index (χ1n) is 5.65. The van der Waals surface area contributed by atoms with E-state index < -0.39 is 17.7 Å². The van der Waals surface area contributed by atoms with Crippen molar-refractivity contribution in [2.45, 2.75) is 38.7 Å². The SMILES string of the molecule is CC1(C(O)c2cc(F)cc(F)c2)CCCC1. The van der Waals surface area contributed by atoms with E-state index in [1.54, 1.807) is 0 Å². The lowest BCUT2D eigenvalue weighted by molar-refractivity contribution is 0.0403. The minimum Gasteiger partial charge on any atom is -0.388 e. The van der Waals surface area contributed by atoms with E-state index in [9.17, 15) is 13.9 Å². The van der Waals surface area contributed by atoms with Crippen LogP contribution < -0.4 is 0 Å². The Labute approximate surface area is 94.1 Å². The molecular formula is C13H16F2O. The lowest BCUT2D eigenvalue weighted by Crippen LogP contribution is -2.22. The van der Waals surface area contributed by atoms with Gasteiger partial charge in [-0.25, -0.2) is 8.78 Å². The maximum Gasteiger partial charge on any atom is 0.126 e. The summed E-state index contributed by atoms with van der Waals surface area (Å²) in [6.45, 7) is 1.98. The van der Waals surface area contributed by atoms with Crippen LogP contribution in [0.25, 0.3) is 0 Å². The predicted octanol–water partition coefficient (Wildman–Crippen LogP) is 3.58. The van der Waals surface area contributed by atoms with Crippen molar-refractivity contribution in [2.75, 3.05) is 0 Å². The van der Waals surface area contributed by atoms with Gasteiger partial charge in [0, 0.05) is 6.07 Å². The van der Waals surface area contributed by atoms with Gasteiger partial charge in [-0.15, -0.1) is 0 Å². The van der Waals surface area contributed by atoms with Crippen LogP contribution in [0.4, 0.5) is 8.78 Å². The first-order chi connectivity index (χ1) is 7.51. The first kappa shape index (κ1) is 11.5. The Morgan fingerprint density at radius 3 is 2.12 bits per heavy atom. The summed E-state index contributed by atoms with van der Waals surface area (Å²) in [5, 5.41) is 10.2. The number of aliphatic hydroxyl groups is 1. The topological polar surface area (TPSA) is 20.2 Å². The highest BCUT2D eigenvalue weighted by atomic mass is 19.1. The van der Waals surface area contributed by atoms with Crippen LogP contribution in [-0.4, -0.2) is 5.11 Å². The Hall–Kier alpha value is -0.960. The molecule has 1 atom stereocenters. The molecular weight excluding hydrogens is 210 g/mol. The maximum atomic E-state index is 13.0. The van der Waals surface area contributed by atoms with Gasteiger partial charge in [0.25, 0.3) is 0 Å². The molecule has 0 spiro atoms. The van der Waals surface area contributed by atoms with Gasteiger partial charge in [0.1, 0.15) is 11.6 Å². The van der Waals surface area contributed by atoms with E-state index in [1.807, 2.05) is 6.92 Å². The smallest absolute Gasteiger partial charge is 0.126 e. The molecule has 0 heterocycles. The van der Waals surface area contributed by atoms with Crippen molar-refractivity contribution in [1.29, 1.82) is 0 Å². The molecule has 0 radical (unpaired) electrons. The van der Waals surface area contributed by atoms with Crippen LogP contribution in [0.2, 0.25) is 0 Å². The predicted molar refractivity (Wildman–Crippen MR) is 57.9 cm³/mol. The average Bonchev–Trinajstić information content (AvgIpc) is 2.64. The van der Waals surface area contributed by atoms with Gasteiger partial charge in [0.2, 0.25) is 0 Å². The zero-order chi connectivity index (χ0) is 11.8. The van der Waals surface area contributed by atoms with Gasteiger partial charge >= 0.3 is 0 Å². The summed E-state index contributed by atoms with van der Waals surface area (Å²) in [7, 11) is 0. The first-order valence-corrected chi connectivity index (χ1v) is 5.65. The van der Waals surface area contributed by atoms with Crippen molar-refractivity contribution in [1.82, 2.24) is 0 Å². The fourth-order valence-corrected chi connectivity index (χ4v) is 2.59. The fourth-order valence-electron chi connectivity index (χ4n) is 2.59. The Morgan fingerprint density at radius 1 is 1.12 bits per heavy atom. The molecule has 1 aromatic carbocycles. The quantitative estimate of drug-likeness (QED) is 0.817. The highest BCUT2D eigenvalue weighted by Crippen LogP contribution is 2.47. The molecule has 1 nitrogen and oxygen atoms in total. The second-order valence-corrected chi connectivity index (χ2v) is 4.97. The molecule has 1 aliphatic rings. The molecule has 16 heavy (non-hydrogen) atoms. The summed E-state index contributed by atoms with van der Waals surface area (Å²) in [5.41, 5.74) is 0.113. The summed E-state index contributed by atoms with van der Waals surface area (Å²) < 4.78 is 26.1. The largest absolute Gasteiger partial charge is 0.388 e. The summed E-state index contributed by atoms with van der Waals surface area (Å²) in [6.07, 6.45) is 3.19. The number of rotatable bonds is 2. The third kappa shape index (κ3) is 2.09. The molecule has 1 fully saturated rings. The van der Waals surface area contributed by atoms with E-state index in [4.69, 9.17) is 0 Å². The van der Waals surface area contributed by atoms with Gasteiger partial charge < -0.3 is 5.11 Å². The van der Waals surface area contributed by atoms with Crippen molar-refractivity contribution in [3.63, 3.8) is 0 Å². The number of hydrogen-bond donors (Lipinski definition) is 1. The number of benzene rings is 1. The Bertz CT molecular complexity index is 363. The molecule has 1 aromatic rings. The fraction of sp³-hybridized carbons (Fsp3) is 0.538. The second kappa shape index (κ2) is 4.13. The molecule has 1 aliphatic carbocycles. The minimum atomic E-state index is -0.778. The van der Waals surface area contributed by atoms with Crippen molar-refractivity contribution in [3.05, 3.63) is 35.4 Å². The minimum absolute atomic E-state index is 0.236. The molecule has 2 rings (SSSR count). The van der Waals surface area contributed by atoms with Gasteiger partial charge in [-0.05, 0) is 36.0 Å². The van der Waals surface area contributed by atoms with Crippen molar-refractivity contribution in [3.8, 4) is 0 Å². The molecule has 3 heteroatoms. The van der Waals surface area contributed by atoms with Crippen LogP contribution in [0, 0.1) is 17.0 Å². The van der Waals surface area contributed by atoms with Crippen LogP contribution in [-0.2, 0) is 0 Å². The molecule has 0 aromatic heterocycles. The number of halogens is 2. The third-order valence-electron chi connectivity index (χ3n) is 3.61. The van der Waals surface area contributed by atoms with Gasteiger partial charge in [-0.3, -0.25) is 0 Å². The molecule has 0 bridgehead atoms. The van der Waals surface area contributed by atoms with Crippen LogP contribution in [0.5, 0.6) is 0 Å². The Kier molecular flexibility index (Phi) is 2.98. The zero-order valence-corrected chi connectivity index (χ0v) is 9.34. The van der Waals surface area contributed by atoms with Crippen molar-refractivity contribution >= 4 is 0 Å². The monoisotopic (exact) mass is 226 g/mol. The van der Waals surface area contributed by atoms with Crippen LogP contribution >= 0.6 is 0 Å². The van der Waals surface area contributed by atoms with E-state index in [1.165, 1.54) is 12.1 Å². The molecule has 1 saturated carbocycles. The third-order valence-corrected chi connectivity index (χ3v) is 3.61. The summed E-state index contributed by atoms with van der Waals surface area (Å²) in [5.74, 6) is -1.26. The highest BCUT2D eigenvalue weighted by molar-refractivity contribution is 5.22. The van der Waals surface area contributed by atoms with E-state index in [-0.39, 0.29) is 5.41 Å². The number of hydrogen-bond acceptors (Lipinski definition) is 1. The zero-order valence-electron chi connectivity index (χ0n) is 9.34. The molecule has 1 unspecified atom stereocenters.